The van der Waals surface area contributed by atoms with Crippen molar-refractivity contribution in [1.29, 1.82) is 0 Å². The van der Waals surface area contributed by atoms with Crippen LogP contribution >= 0.6 is 0 Å². The SMILES string of the molecule is CC1=CCCC(C)[C@]12CC[C@H](C(C)(C)O)C2. The van der Waals surface area contributed by atoms with Gasteiger partial charge in [0.2, 0.25) is 0 Å². The van der Waals surface area contributed by atoms with E-state index in [4.69, 9.17) is 0 Å². The molecule has 0 bridgehead atoms. The summed E-state index contributed by atoms with van der Waals surface area (Å²) in [6.07, 6.45) is 8.69. The minimum atomic E-state index is -0.499. The van der Waals surface area contributed by atoms with Gasteiger partial charge in [-0.2, -0.15) is 0 Å². The van der Waals surface area contributed by atoms with Gasteiger partial charge in [-0.15, -0.1) is 0 Å². The maximum atomic E-state index is 10.2. The highest BCUT2D eigenvalue weighted by molar-refractivity contribution is 5.20. The van der Waals surface area contributed by atoms with E-state index >= 15 is 0 Å². The number of hydrogen-bond donors (Lipinski definition) is 1. The lowest BCUT2D eigenvalue weighted by molar-refractivity contribution is 0.0128. The van der Waals surface area contributed by atoms with Crippen LogP contribution in [0.15, 0.2) is 11.6 Å². The van der Waals surface area contributed by atoms with Gasteiger partial charge in [-0.3, -0.25) is 0 Å². The average Bonchev–Trinajstić information content (AvgIpc) is 2.60. The normalized spacial score (nSPS) is 40.2. The second kappa shape index (κ2) is 3.87. The first kappa shape index (κ1) is 12.2. The third-order valence-corrected chi connectivity index (χ3v) is 5.33. The fourth-order valence-electron chi connectivity index (χ4n) is 3.90. The Bertz CT molecular complexity index is 297. The molecule has 2 rings (SSSR count). The quantitative estimate of drug-likeness (QED) is 0.667. The molecule has 0 aromatic carbocycles. The largest absolute Gasteiger partial charge is 0.390 e. The van der Waals surface area contributed by atoms with Crippen molar-refractivity contribution in [2.45, 2.75) is 65.4 Å². The van der Waals surface area contributed by atoms with Crippen LogP contribution in [0.4, 0.5) is 0 Å². The molecule has 1 spiro atoms. The molecule has 2 aliphatic rings. The fourth-order valence-corrected chi connectivity index (χ4v) is 3.90. The van der Waals surface area contributed by atoms with Gasteiger partial charge in [0.05, 0.1) is 5.60 Å². The summed E-state index contributed by atoms with van der Waals surface area (Å²) in [5.74, 6) is 1.28. The van der Waals surface area contributed by atoms with E-state index in [1.54, 1.807) is 5.57 Å². The second-order valence-corrected chi connectivity index (χ2v) is 6.62. The number of rotatable bonds is 1. The van der Waals surface area contributed by atoms with Gasteiger partial charge in [0.1, 0.15) is 0 Å². The van der Waals surface area contributed by atoms with Gasteiger partial charge in [0, 0.05) is 0 Å². The molecule has 1 unspecified atom stereocenters. The van der Waals surface area contributed by atoms with Crippen LogP contribution in [0.5, 0.6) is 0 Å². The first-order valence-corrected chi connectivity index (χ1v) is 6.76. The summed E-state index contributed by atoms with van der Waals surface area (Å²) in [6, 6.07) is 0. The van der Waals surface area contributed by atoms with Crippen molar-refractivity contribution in [2.75, 3.05) is 0 Å². The summed E-state index contributed by atoms with van der Waals surface area (Å²) in [6.45, 7) is 8.66. The van der Waals surface area contributed by atoms with Gasteiger partial charge in [-0.05, 0) is 70.1 Å². The van der Waals surface area contributed by atoms with Crippen molar-refractivity contribution in [3.05, 3.63) is 11.6 Å². The molecule has 0 heterocycles. The molecule has 0 aromatic rings. The van der Waals surface area contributed by atoms with E-state index in [-0.39, 0.29) is 0 Å². The Morgan fingerprint density at radius 1 is 1.38 bits per heavy atom. The summed E-state index contributed by atoms with van der Waals surface area (Å²) in [4.78, 5) is 0. The van der Waals surface area contributed by atoms with Gasteiger partial charge in [-0.1, -0.05) is 18.6 Å². The Kier molecular flexibility index (Phi) is 2.94. The van der Waals surface area contributed by atoms with E-state index in [2.05, 4.69) is 19.9 Å². The summed E-state index contributed by atoms with van der Waals surface area (Å²) in [5.41, 5.74) is 1.52. The monoisotopic (exact) mass is 222 g/mol. The zero-order chi connectivity index (χ0) is 12.0. The van der Waals surface area contributed by atoms with Gasteiger partial charge in [0.15, 0.2) is 0 Å². The molecular weight excluding hydrogens is 196 g/mol. The molecule has 0 radical (unpaired) electrons. The molecule has 1 heteroatoms. The van der Waals surface area contributed by atoms with Crippen molar-refractivity contribution in [2.24, 2.45) is 17.3 Å². The molecule has 0 aliphatic heterocycles. The molecule has 1 saturated carbocycles. The highest BCUT2D eigenvalue weighted by atomic mass is 16.3. The predicted octanol–water partition coefficient (Wildman–Crippen LogP) is 3.92. The van der Waals surface area contributed by atoms with Gasteiger partial charge in [0.25, 0.3) is 0 Å². The summed E-state index contributed by atoms with van der Waals surface area (Å²) in [7, 11) is 0. The van der Waals surface area contributed by atoms with Crippen LogP contribution in [0.25, 0.3) is 0 Å². The zero-order valence-corrected chi connectivity index (χ0v) is 11.2. The minimum Gasteiger partial charge on any atom is -0.390 e. The van der Waals surface area contributed by atoms with Gasteiger partial charge < -0.3 is 5.11 Å². The molecule has 0 aromatic heterocycles. The first-order chi connectivity index (χ1) is 7.36. The van der Waals surface area contributed by atoms with Crippen LogP contribution in [-0.2, 0) is 0 Å². The molecule has 3 atom stereocenters. The Hall–Kier alpha value is -0.300. The highest BCUT2D eigenvalue weighted by Crippen LogP contribution is 2.56. The molecule has 16 heavy (non-hydrogen) atoms. The van der Waals surface area contributed by atoms with E-state index < -0.39 is 5.60 Å². The summed E-state index contributed by atoms with van der Waals surface area (Å²) in [5, 5.41) is 10.2. The number of allylic oxidation sites excluding steroid dienone is 2. The van der Waals surface area contributed by atoms with Crippen LogP contribution in [0, 0.1) is 17.3 Å². The van der Waals surface area contributed by atoms with Crippen LogP contribution in [0.1, 0.15) is 59.8 Å². The van der Waals surface area contributed by atoms with E-state index in [1.807, 2.05) is 13.8 Å². The Balaban J connectivity index is 2.22. The second-order valence-electron chi connectivity index (χ2n) is 6.62. The molecule has 1 fully saturated rings. The van der Waals surface area contributed by atoms with E-state index in [0.29, 0.717) is 11.3 Å². The summed E-state index contributed by atoms with van der Waals surface area (Å²) < 4.78 is 0. The van der Waals surface area contributed by atoms with E-state index in [9.17, 15) is 5.11 Å². The van der Waals surface area contributed by atoms with Crippen molar-refractivity contribution in [1.82, 2.24) is 0 Å². The topological polar surface area (TPSA) is 20.2 Å². The van der Waals surface area contributed by atoms with E-state index in [0.717, 1.165) is 5.92 Å². The van der Waals surface area contributed by atoms with Crippen LogP contribution < -0.4 is 0 Å². The Labute approximate surface area is 99.9 Å². The molecule has 0 saturated heterocycles. The van der Waals surface area contributed by atoms with Crippen molar-refractivity contribution in [3.63, 3.8) is 0 Å². The van der Waals surface area contributed by atoms with Gasteiger partial charge >= 0.3 is 0 Å². The molecule has 0 amide bonds. The van der Waals surface area contributed by atoms with Gasteiger partial charge in [-0.25, -0.2) is 0 Å². The average molecular weight is 222 g/mol. The number of aliphatic hydroxyl groups is 1. The Morgan fingerprint density at radius 3 is 2.56 bits per heavy atom. The predicted molar refractivity (Wildman–Crippen MR) is 68.2 cm³/mol. The summed E-state index contributed by atoms with van der Waals surface area (Å²) >= 11 is 0. The zero-order valence-electron chi connectivity index (χ0n) is 11.2. The maximum absolute atomic E-state index is 10.2. The minimum absolute atomic E-state index is 0.420. The fraction of sp³-hybridized carbons (Fsp3) is 0.867. The van der Waals surface area contributed by atoms with Crippen molar-refractivity contribution >= 4 is 0 Å². The first-order valence-electron chi connectivity index (χ1n) is 6.76. The lowest BCUT2D eigenvalue weighted by Gasteiger charge is -2.41. The van der Waals surface area contributed by atoms with Crippen LogP contribution in [-0.4, -0.2) is 10.7 Å². The molecular formula is C15H26O. The smallest absolute Gasteiger partial charge is 0.0620 e. The van der Waals surface area contributed by atoms with Crippen molar-refractivity contribution < 1.29 is 5.11 Å². The lowest BCUT2D eigenvalue weighted by atomic mass is 9.64. The maximum Gasteiger partial charge on any atom is 0.0620 e. The van der Waals surface area contributed by atoms with Crippen LogP contribution in [0.3, 0.4) is 0 Å². The standard InChI is InChI=1S/C15H26O/c1-11-6-5-7-12(2)15(11)9-8-13(10-15)14(3,4)16/h6,12-13,16H,5,7-10H2,1-4H3/t12?,13-,15-/m0/s1. The third kappa shape index (κ3) is 1.84. The molecule has 1 N–H and O–H groups in total. The lowest BCUT2D eigenvalue weighted by Crippen LogP contribution is -2.34. The Morgan fingerprint density at radius 2 is 2.06 bits per heavy atom. The highest BCUT2D eigenvalue weighted by Gasteiger charge is 2.48. The molecule has 1 nitrogen and oxygen atoms in total. The molecule has 2 aliphatic carbocycles. The van der Waals surface area contributed by atoms with E-state index in [1.165, 1.54) is 32.1 Å². The van der Waals surface area contributed by atoms with Crippen LogP contribution in [0.2, 0.25) is 0 Å². The third-order valence-electron chi connectivity index (χ3n) is 5.33. The van der Waals surface area contributed by atoms with Crippen molar-refractivity contribution in [3.8, 4) is 0 Å². The number of hydrogen-bond acceptors (Lipinski definition) is 1. The molecule has 92 valence electrons.